The van der Waals surface area contributed by atoms with Gasteiger partial charge in [-0.25, -0.2) is 4.98 Å². The van der Waals surface area contributed by atoms with Crippen LogP contribution in [-0.2, 0) is 6.42 Å². The van der Waals surface area contributed by atoms with Crippen molar-refractivity contribution < 1.29 is 4.42 Å². The highest BCUT2D eigenvalue weighted by molar-refractivity contribution is 5.55. The molecule has 2 heterocycles. The topological polar surface area (TPSA) is 84.9 Å². The molecule has 2 rings (SSSR count). The Morgan fingerprint density at radius 2 is 2.40 bits per heavy atom. The van der Waals surface area contributed by atoms with Crippen LogP contribution in [0.2, 0.25) is 0 Å². The summed E-state index contributed by atoms with van der Waals surface area (Å²) in [5, 5.41) is 0. The SMILES string of the molecule is CCc1c(N)nc(-c2ccoc2)[nH]c1=O. The van der Waals surface area contributed by atoms with Crippen molar-refractivity contribution in [2.24, 2.45) is 0 Å². The van der Waals surface area contributed by atoms with Gasteiger partial charge in [-0.05, 0) is 12.5 Å². The molecule has 2 aromatic rings. The molecule has 5 nitrogen and oxygen atoms in total. The van der Waals surface area contributed by atoms with Crippen LogP contribution >= 0.6 is 0 Å². The van der Waals surface area contributed by atoms with Crippen LogP contribution in [-0.4, -0.2) is 9.97 Å². The molecular weight excluding hydrogens is 194 g/mol. The fraction of sp³-hybridized carbons (Fsp3) is 0.200. The molecule has 0 aliphatic heterocycles. The molecule has 0 spiro atoms. The third-order valence-electron chi connectivity index (χ3n) is 2.20. The van der Waals surface area contributed by atoms with Crippen molar-refractivity contribution in [2.45, 2.75) is 13.3 Å². The molecule has 0 radical (unpaired) electrons. The fourth-order valence-corrected chi connectivity index (χ4v) is 1.39. The second kappa shape index (κ2) is 3.61. The number of hydrogen-bond donors (Lipinski definition) is 2. The number of nitrogen functional groups attached to an aromatic ring is 1. The molecule has 0 amide bonds. The van der Waals surface area contributed by atoms with Gasteiger partial charge in [-0.3, -0.25) is 4.79 Å². The van der Waals surface area contributed by atoms with E-state index in [0.717, 1.165) is 0 Å². The summed E-state index contributed by atoms with van der Waals surface area (Å²) in [5.41, 5.74) is 6.71. The van der Waals surface area contributed by atoms with Crippen LogP contribution in [0.4, 0.5) is 5.82 Å². The first-order valence-electron chi connectivity index (χ1n) is 4.63. The maximum Gasteiger partial charge on any atom is 0.256 e. The van der Waals surface area contributed by atoms with Crippen LogP contribution in [0.3, 0.4) is 0 Å². The number of anilines is 1. The quantitative estimate of drug-likeness (QED) is 0.770. The minimum absolute atomic E-state index is 0.193. The predicted molar refractivity (Wildman–Crippen MR) is 56.4 cm³/mol. The van der Waals surface area contributed by atoms with Gasteiger partial charge in [-0.2, -0.15) is 0 Å². The van der Waals surface area contributed by atoms with Crippen molar-refractivity contribution in [1.29, 1.82) is 0 Å². The van der Waals surface area contributed by atoms with Gasteiger partial charge in [0.2, 0.25) is 0 Å². The van der Waals surface area contributed by atoms with E-state index in [1.165, 1.54) is 12.5 Å². The summed E-state index contributed by atoms with van der Waals surface area (Å²) in [6.07, 6.45) is 3.59. The highest BCUT2D eigenvalue weighted by Gasteiger charge is 2.08. The molecule has 3 N–H and O–H groups in total. The van der Waals surface area contributed by atoms with Gasteiger partial charge in [0.05, 0.1) is 17.4 Å². The van der Waals surface area contributed by atoms with Crippen LogP contribution in [0.25, 0.3) is 11.4 Å². The van der Waals surface area contributed by atoms with Crippen molar-refractivity contribution in [1.82, 2.24) is 9.97 Å². The van der Waals surface area contributed by atoms with Crippen molar-refractivity contribution in [3.8, 4) is 11.4 Å². The Bertz CT molecular complexity index is 514. The standard InChI is InChI=1S/C10H11N3O2/c1-2-7-8(11)12-9(13-10(7)14)6-3-4-15-5-6/h3-5H,2H2,1H3,(H3,11,12,13,14). The van der Waals surface area contributed by atoms with Gasteiger partial charge in [-0.1, -0.05) is 6.92 Å². The first kappa shape index (κ1) is 9.51. The number of nitrogens with one attached hydrogen (secondary N) is 1. The highest BCUT2D eigenvalue weighted by atomic mass is 16.3. The van der Waals surface area contributed by atoms with Gasteiger partial charge in [0.15, 0.2) is 0 Å². The predicted octanol–water partition coefficient (Wildman–Crippen LogP) is 1.17. The summed E-state index contributed by atoms with van der Waals surface area (Å²) in [5.74, 6) is 0.709. The number of nitrogens with zero attached hydrogens (tertiary/aromatic N) is 1. The largest absolute Gasteiger partial charge is 0.472 e. The van der Waals surface area contributed by atoms with Crippen LogP contribution in [0.1, 0.15) is 12.5 Å². The summed E-state index contributed by atoms with van der Waals surface area (Å²) in [7, 11) is 0. The summed E-state index contributed by atoms with van der Waals surface area (Å²) in [6, 6.07) is 1.71. The second-order valence-corrected chi connectivity index (χ2v) is 3.14. The maximum atomic E-state index is 11.6. The van der Waals surface area contributed by atoms with E-state index in [0.29, 0.717) is 23.4 Å². The van der Waals surface area contributed by atoms with Gasteiger partial charge >= 0.3 is 0 Å². The smallest absolute Gasteiger partial charge is 0.256 e. The first-order chi connectivity index (χ1) is 7.22. The van der Waals surface area contributed by atoms with Crippen LogP contribution in [0, 0.1) is 0 Å². The molecule has 0 saturated carbocycles. The molecule has 0 aromatic carbocycles. The van der Waals surface area contributed by atoms with Crippen molar-refractivity contribution in [2.75, 3.05) is 5.73 Å². The lowest BCUT2D eigenvalue weighted by Gasteiger charge is -2.02. The minimum atomic E-state index is -0.193. The van der Waals surface area contributed by atoms with Crippen LogP contribution < -0.4 is 11.3 Å². The summed E-state index contributed by atoms with van der Waals surface area (Å²) < 4.78 is 4.90. The molecule has 0 fully saturated rings. The zero-order valence-corrected chi connectivity index (χ0v) is 8.28. The fourth-order valence-electron chi connectivity index (χ4n) is 1.39. The molecule has 15 heavy (non-hydrogen) atoms. The summed E-state index contributed by atoms with van der Waals surface area (Å²) >= 11 is 0. The molecule has 0 bridgehead atoms. The van der Waals surface area contributed by atoms with Crippen LogP contribution in [0.15, 0.2) is 27.8 Å². The average Bonchev–Trinajstić information content (AvgIpc) is 2.69. The zero-order chi connectivity index (χ0) is 10.8. The zero-order valence-electron chi connectivity index (χ0n) is 8.28. The number of aromatic amines is 1. The van der Waals surface area contributed by atoms with Gasteiger partial charge < -0.3 is 15.1 Å². The molecule has 0 aliphatic carbocycles. The summed E-state index contributed by atoms with van der Waals surface area (Å²) in [6.45, 7) is 1.86. The third-order valence-corrected chi connectivity index (χ3v) is 2.20. The van der Waals surface area contributed by atoms with E-state index in [4.69, 9.17) is 10.2 Å². The van der Waals surface area contributed by atoms with E-state index in [9.17, 15) is 4.79 Å². The number of hydrogen-bond acceptors (Lipinski definition) is 4. The van der Waals surface area contributed by atoms with Gasteiger partial charge in [-0.15, -0.1) is 0 Å². The molecule has 0 unspecified atom stereocenters. The second-order valence-electron chi connectivity index (χ2n) is 3.14. The minimum Gasteiger partial charge on any atom is -0.472 e. The van der Waals surface area contributed by atoms with E-state index in [-0.39, 0.29) is 11.4 Å². The van der Waals surface area contributed by atoms with E-state index in [2.05, 4.69) is 9.97 Å². The number of aromatic nitrogens is 2. The van der Waals surface area contributed by atoms with Gasteiger partial charge in [0, 0.05) is 0 Å². The molecule has 0 aliphatic rings. The van der Waals surface area contributed by atoms with E-state index >= 15 is 0 Å². The van der Waals surface area contributed by atoms with E-state index in [1.54, 1.807) is 6.07 Å². The summed E-state index contributed by atoms with van der Waals surface area (Å²) in [4.78, 5) is 18.4. The number of furan rings is 1. The third kappa shape index (κ3) is 1.63. The number of rotatable bonds is 2. The number of H-pyrrole nitrogens is 1. The Labute approximate surface area is 86.0 Å². The van der Waals surface area contributed by atoms with Crippen molar-refractivity contribution >= 4 is 5.82 Å². The van der Waals surface area contributed by atoms with Crippen molar-refractivity contribution in [3.05, 3.63) is 34.5 Å². The van der Waals surface area contributed by atoms with E-state index in [1.807, 2.05) is 6.92 Å². The molecular formula is C10H11N3O2. The Balaban J connectivity index is 2.58. The van der Waals surface area contributed by atoms with Gasteiger partial charge in [0.25, 0.3) is 5.56 Å². The molecule has 0 saturated heterocycles. The first-order valence-corrected chi connectivity index (χ1v) is 4.63. The van der Waals surface area contributed by atoms with E-state index < -0.39 is 0 Å². The lowest BCUT2D eigenvalue weighted by molar-refractivity contribution is 0.568. The maximum absolute atomic E-state index is 11.6. The average molecular weight is 205 g/mol. The normalized spacial score (nSPS) is 10.5. The molecule has 78 valence electrons. The van der Waals surface area contributed by atoms with Gasteiger partial charge in [0.1, 0.15) is 17.9 Å². The lowest BCUT2D eigenvalue weighted by Crippen LogP contribution is -2.17. The molecule has 5 heteroatoms. The number of nitrogens with two attached hydrogens (primary N) is 1. The lowest BCUT2D eigenvalue weighted by atomic mass is 10.2. The highest BCUT2D eigenvalue weighted by Crippen LogP contribution is 2.15. The van der Waals surface area contributed by atoms with Crippen LogP contribution in [0.5, 0.6) is 0 Å². The Hall–Kier alpha value is -2.04. The molecule has 2 aromatic heterocycles. The monoisotopic (exact) mass is 205 g/mol. The van der Waals surface area contributed by atoms with Crippen molar-refractivity contribution in [3.63, 3.8) is 0 Å². The Kier molecular flexibility index (Phi) is 2.29. The Morgan fingerprint density at radius 3 is 2.93 bits per heavy atom. The Morgan fingerprint density at radius 1 is 1.60 bits per heavy atom. The molecule has 0 atom stereocenters.